The molecule has 1 heterocycles. The maximum Gasteiger partial charge on any atom is 0.176 e. The maximum absolute atomic E-state index is 5.96. The van der Waals surface area contributed by atoms with E-state index in [2.05, 4.69) is 31.3 Å². The van der Waals surface area contributed by atoms with E-state index in [-0.39, 0.29) is 6.04 Å². The van der Waals surface area contributed by atoms with E-state index in [0.717, 1.165) is 28.4 Å². The zero-order chi connectivity index (χ0) is 13.4. The van der Waals surface area contributed by atoms with Gasteiger partial charge in [-0.05, 0) is 31.4 Å². The van der Waals surface area contributed by atoms with Gasteiger partial charge in [-0.15, -0.1) is 0 Å². The molecular weight excluding hydrogens is 238 g/mol. The van der Waals surface area contributed by atoms with Gasteiger partial charge in [0.1, 0.15) is 5.76 Å². The van der Waals surface area contributed by atoms with Crippen molar-refractivity contribution >= 4 is 11.0 Å². The van der Waals surface area contributed by atoms with Gasteiger partial charge in [0, 0.05) is 11.4 Å². The molecule has 1 aromatic carbocycles. The van der Waals surface area contributed by atoms with E-state index >= 15 is 0 Å². The molecule has 102 valence electrons. The monoisotopic (exact) mass is 259 g/mol. The first-order valence-electron chi connectivity index (χ1n) is 7.05. The van der Waals surface area contributed by atoms with Gasteiger partial charge in [0.15, 0.2) is 11.3 Å². The van der Waals surface area contributed by atoms with Crippen molar-refractivity contribution in [2.24, 2.45) is 5.92 Å². The number of fused-ring (bicyclic) bond motifs is 1. The zero-order valence-electron chi connectivity index (χ0n) is 11.8. The summed E-state index contributed by atoms with van der Waals surface area (Å²) in [5, 5.41) is 4.74. The van der Waals surface area contributed by atoms with Crippen LogP contribution >= 0.6 is 0 Å². The molecule has 3 heteroatoms. The van der Waals surface area contributed by atoms with E-state index in [1.807, 2.05) is 12.1 Å². The van der Waals surface area contributed by atoms with Gasteiger partial charge < -0.3 is 14.5 Å². The smallest absolute Gasteiger partial charge is 0.176 e. The van der Waals surface area contributed by atoms with Gasteiger partial charge in [-0.1, -0.05) is 25.5 Å². The summed E-state index contributed by atoms with van der Waals surface area (Å²) in [6.45, 7) is 4.41. The van der Waals surface area contributed by atoms with Crippen LogP contribution in [0.3, 0.4) is 0 Å². The molecule has 1 fully saturated rings. The quantitative estimate of drug-likeness (QED) is 0.884. The van der Waals surface area contributed by atoms with E-state index in [9.17, 15) is 0 Å². The highest BCUT2D eigenvalue weighted by atomic mass is 16.5. The number of benzene rings is 1. The Morgan fingerprint density at radius 3 is 3.00 bits per heavy atom. The molecule has 1 aromatic heterocycles. The Kier molecular flexibility index (Phi) is 3.23. The van der Waals surface area contributed by atoms with E-state index in [1.54, 1.807) is 7.11 Å². The first-order valence-corrected chi connectivity index (χ1v) is 7.05. The molecule has 3 rings (SSSR count). The summed E-state index contributed by atoms with van der Waals surface area (Å²) in [4.78, 5) is 0. The SMILES string of the molecule is CCC1CC1NC(C)c1cc2cccc(OC)c2o1. The van der Waals surface area contributed by atoms with Crippen molar-refractivity contribution in [2.75, 3.05) is 7.11 Å². The molecule has 3 unspecified atom stereocenters. The highest BCUT2D eigenvalue weighted by Crippen LogP contribution is 2.36. The highest BCUT2D eigenvalue weighted by Gasteiger charge is 2.36. The molecule has 1 aliphatic carbocycles. The van der Waals surface area contributed by atoms with Crippen molar-refractivity contribution in [2.45, 2.75) is 38.8 Å². The number of ether oxygens (including phenoxy) is 1. The van der Waals surface area contributed by atoms with Crippen LogP contribution in [0.4, 0.5) is 0 Å². The Balaban J connectivity index is 1.81. The van der Waals surface area contributed by atoms with Gasteiger partial charge in [-0.3, -0.25) is 0 Å². The summed E-state index contributed by atoms with van der Waals surface area (Å²) in [6.07, 6.45) is 2.56. The Morgan fingerprint density at radius 1 is 1.47 bits per heavy atom. The topological polar surface area (TPSA) is 34.4 Å². The fourth-order valence-corrected chi connectivity index (χ4v) is 2.74. The fourth-order valence-electron chi connectivity index (χ4n) is 2.74. The lowest BCUT2D eigenvalue weighted by Gasteiger charge is -2.10. The number of furan rings is 1. The molecule has 1 saturated carbocycles. The number of para-hydroxylation sites is 1. The molecule has 0 radical (unpaired) electrons. The minimum absolute atomic E-state index is 0.249. The first kappa shape index (κ1) is 12.5. The van der Waals surface area contributed by atoms with Gasteiger partial charge >= 0.3 is 0 Å². The molecule has 3 nitrogen and oxygen atoms in total. The fraction of sp³-hybridized carbons (Fsp3) is 0.500. The van der Waals surface area contributed by atoms with Gasteiger partial charge in [0.25, 0.3) is 0 Å². The maximum atomic E-state index is 5.96. The van der Waals surface area contributed by atoms with Crippen molar-refractivity contribution in [3.63, 3.8) is 0 Å². The van der Waals surface area contributed by atoms with Crippen LogP contribution in [0, 0.1) is 5.92 Å². The third kappa shape index (κ3) is 2.35. The zero-order valence-corrected chi connectivity index (χ0v) is 11.8. The molecule has 0 bridgehead atoms. The number of methoxy groups -OCH3 is 1. The van der Waals surface area contributed by atoms with E-state index in [0.29, 0.717) is 6.04 Å². The number of hydrogen-bond donors (Lipinski definition) is 1. The molecule has 0 spiro atoms. The van der Waals surface area contributed by atoms with Crippen LogP contribution in [0.15, 0.2) is 28.7 Å². The van der Waals surface area contributed by atoms with Crippen LogP contribution in [-0.2, 0) is 0 Å². The van der Waals surface area contributed by atoms with Gasteiger partial charge in [-0.25, -0.2) is 0 Å². The summed E-state index contributed by atoms with van der Waals surface area (Å²) in [6, 6.07) is 9.00. The van der Waals surface area contributed by atoms with Gasteiger partial charge in [-0.2, -0.15) is 0 Å². The number of hydrogen-bond acceptors (Lipinski definition) is 3. The minimum Gasteiger partial charge on any atom is -0.493 e. The van der Waals surface area contributed by atoms with Crippen molar-refractivity contribution in [3.05, 3.63) is 30.0 Å². The van der Waals surface area contributed by atoms with Crippen LogP contribution in [0.1, 0.15) is 38.5 Å². The Hall–Kier alpha value is -1.48. The number of rotatable bonds is 5. The van der Waals surface area contributed by atoms with Crippen LogP contribution in [0.5, 0.6) is 5.75 Å². The summed E-state index contributed by atoms with van der Waals surface area (Å²) in [7, 11) is 1.68. The Bertz CT molecular complexity index is 575. The third-order valence-corrected chi connectivity index (χ3v) is 4.08. The van der Waals surface area contributed by atoms with Crippen molar-refractivity contribution in [1.82, 2.24) is 5.32 Å². The Morgan fingerprint density at radius 2 is 2.32 bits per heavy atom. The molecule has 0 aliphatic heterocycles. The van der Waals surface area contributed by atoms with E-state index in [1.165, 1.54) is 12.8 Å². The second-order valence-corrected chi connectivity index (χ2v) is 5.43. The van der Waals surface area contributed by atoms with Crippen LogP contribution < -0.4 is 10.1 Å². The predicted octanol–water partition coefficient (Wildman–Crippen LogP) is 3.89. The summed E-state index contributed by atoms with van der Waals surface area (Å²) in [5.41, 5.74) is 0.844. The van der Waals surface area contributed by atoms with E-state index < -0.39 is 0 Å². The highest BCUT2D eigenvalue weighted by molar-refractivity contribution is 5.83. The lowest BCUT2D eigenvalue weighted by atomic mass is 10.2. The van der Waals surface area contributed by atoms with Crippen LogP contribution in [-0.4, -0.2) is 13.2 Å². The summed E-state index contributed by atoms with van der Waals surface area (Å²) < 4.78 is 11.3. The molecule has 0 amide bonds. The van der Waals surface area contributed by atoms with Gasteiger partial charge in [0.05, 0.1) is 13.2 Å². The molecule has 19 heavy (non-hydrogen) atoms. The molecule has 2 aromatic rings. The molecule has 1 aliphatic rings. The van der Waals surface area contributed by atoms with E-state index in [4.69, 9.17) is 9.15 Å². The summed E-state index contributed by atoms with van der Waals surface area (Å²) in [5.74, 6) is 2.64. The molecular formula is C16H21NO2. The first-order chi connectivity index (χ1) is 9.22. The average Bonchev–Trinajstić information content (AvgIpc) is 3.02. The third-order valence-electron chi connectivity index (χ3n) is 4.08. The molecule has 0 saturated heterocycles. The second-order valence-electron chi connectivity index (χ2n) is 5.43. The minimum atomic E-state index is 0.249. The normalized spacial score (nSPS) is 23.5. The predicted molar refractivity (Wildman–Crippen MR) is 76.5 cm³/mol. The average molecular weight is 259 g/mol. The standard InChI is InChI=1S/C16H21NO2/c1-4-11-8-13(11)17-10(2)15-9-12-6-5-7-14(18-3)16(12)19-15/h5-7,9-11,13,17H,4,8H2,1-3H3. The van der Waals surface area contributed by atoms with Crippen molar-refractivity contribution in [1.29, 1.82) is 0 Å². The lowest BCUT2D eigenvalue weighted by Crippen LogP contribution is -2.21. The Labute approximate surface area is 113 Å². The molecule has 3 atom stereocenters. The van der Waals surface area contributed by atoms with Crippen molar-refractivity contribution < 1.29 is 9.15 Å². The number of nitrogens with one attached hydrogen (secondary N) is 1. The lowest BCUT2D eigenvalue weighted by molar-refractivity contribution is 0.398. The summed E-state index contributed by atoms with van der Waals surface area (Å²) >= 11 is 0. The molecule has 1 N–H and O–H groups in total. The van der Waals surface area contributed by atoms with Gasteiger partial charge in [0.2, 0.25) is 0 Å². The largest absolute Gasteiger partial charge is 0.493 e. The van der Waals surface area contributed by atoms with Crippen molar-refractivity contribution in [3.8, 4) is 5.75 Å². The second kappa shape index (κ2) is 4.89. The van der Waals surface area contributed by atoms with Crippen LogP contribution in [0.2, 0.25) is 0 Å². The van der Waals surface area contributed by atoms with Crippen LogP contribution in [0.25, 0.3) is 11.0 Å².